The van der Waals surface area contributed by atoms with Gasteiger partial charge in [-0.2, -0.15) is 0 Å². The second-order valence-corrected chi connectivity index (χ2v) is 13.2. The second kappa shape index (κ2) is 9.60. The first-order valence-electron chi connectivity index (χ1n) is 10.6. The van der Waals surface area contributed by atoms with E-state index in [-0.39, 0.29) is 34.8 Å². The zero-order chi connectivity index (χ0) is 22.8. The van der Waals surface area contributed by atoms with Crippen molar-refractivity contribution in [1.29, 1.82) is 0 Å². The number of rotatable bonds is 8. The molecule has 0 spiro atoms. The molecule has 2 aliphatic rings. The largest absolute Gasteiger partial charge is 0.350 e. The van der Waals surface area contributed by atoms with Gasteiger partial charge in [0.1, 0.15) is 0 Å². The standard InChI is InChI=1S/C21H27N3O5S3/c25-21(22-14-19(20-4-3-12-30-20)24-10-1-2-11-24)16-5-7-18(8-6-16)32(28,29)23-17-9-13-31(26,27)15-17/h3-8,12,17,19,23H,1-2,9-11,13-15H2,(H,22,25). The molecule has 2 aromatic rings. The maximum atomic E-state index is 12.7. The molecule has 2 aliphatic heterocycles. The quantitative estimate of drug-likeness (QED) is 0.575. The van der Waals surface area contributed by atoms with Crippen molar-refractivity contribution in [2.45, 2.75) is 36.2 Å². The fourth-order valence-corrected chi connectivity index (χ4v) is 8.11. The van der Waals surface area contributed by atoms with Gasteiger partial charge in [-0.3, -0.25) is 9.69 Å². The maximum Gasteiger partial charge on any atom is 0.251 e. The van der Waals surface area contributed by atoms with Gasteiger partial charge >= 0.3 is 0 Å². The molecule has 0 aliphatic carbocycles. The summed E-state index contributed by atoms with van der Waals surface area (Å²) in [6.45, 7) is 2.51. The first-order chi connectivity index (χ1) is 15.2. The number of thiophene rings is 1. The minimum Gasteiger partial charge on any atom is -0.350 e. The summed E-state index contributed by atoms with van der Waals surface area (Å²) >= 11 is 1.68. The Morgan fingerprint density at radius 3 is 2.47 bits per heavy atom. The normalized spacial score (nSPS) is 22.1. The highest BCUT2D eigenvalue weighted by atomic mass is 32.2. The van der Waals surface area contributed by atoms with Gasteiger partial charge in [-0.1, -0.05) is 6.07 Å². The predicted octanol–water partition coefficient (Wildman–Crippen LogP) is 1.78. The van der Waals surface area contributed by atoms with E-state index in [9.17, 15) is 21.6 Å². The third kappa shape index (κ3) is 5.57. The summed E-state index contributed by atoms with van der Waals surface area (Å²) < 4.78 is 50.7. The summed E-state index contributed by atoms with van der Waals surface area (Å²) in [6, 6.07) is 9.31. The highest BCUT2D eigenvalue weighted by molar-refractivity contribution is 7.92. The summed E-state index contributed by atoms with van der Waals surface area (Å²) in [5.41, 5.74) is 0.374. The molecule has 2 saturated heterocycles. The van der Waals surface area contributed by atoms with E-state index in [2.05, 4.69) is 21.0 Å². The van der Waals surface area contributed by atoms with Crippen LogP contribution in [0.5, 0.6) is 0 Å². The molecule has 174 valence electrons. The third-order valence-corrected chi connectivity index (χ3v) is 10.2. The molecule has 32 heavy (non-hydrogen) atoms. The van der Waals surface area contributed by atoms with Crippen LogP contribution in [0, 0.1) is 0 Å². The molecule has 3 heterocycles. The van der Waals surface area contributed by atoms with Gasteiger partial charge in [-0.05, 0) is 68.1 Å². The number of hydrogen-bond donors (Lipinski definition) is 2. The molecule has 0 radical (unpaired) electrons. The first kappa shape index (κ1) is 23.4. The van der Waals surface area contributed by atoms with Gasteiger partial charge in [-0.15, -0.1) is 11.3 Å². The Labute approximate surface area is 193 Å². The number of nitrogens with zero attached hydrogens (tertiary/aromatic N) is 1. The van der Waals surface area contributed by atoms with E-state index in [4.69, 9.17) is 0 Å². The molecule has 0 saturated carbocycles. The zero-order valence-electron chi connectivity index (χ0n) is 17.6. The minimum atomic E-state index is -3.85. The van der Waals surface area contributed by atoms with Crippen molar-refractivity contribution >= 4 is 37.1 Å². The van der Waals surface area contributed by atoms with E-state index in [0.29, 0.717) is 12.1 Å². The fourth-order valence-electron chi connectivity index (χ4n) is 4.20. The van der Waals surface area contributed by atoms with Crippen molar-refractivity contribution in [3.8, 4) is 0 Å². The number of carbonyl (C=O) groups excluding carboxylic acids is 1. The molecule has 2 atom stereocenters. The molecular formula is C21H27N3O5S3. The van der Waals surface area contributed by atoms with Crippen LogP contribution in [0.2, 0.25) is 0 Å². The predicted molar refractivity (Wildman–Crippen MR) is 124 cm³/mol. The molecule has 4 rings (SSSR count). The molecular weight excluding hydrogens is 470 g/mol. The van der Waals surface area contributed by atoms with Crippen LogP contribution in [0.4, 0.5) is 0 Å². The first-order valence-corrected chi connectivity index (χ1v) is 14.8. The van der Waals surface area contributed by atoms with Crippen LogP contribution in [0.3, 0.4) is 0 Å². The summed E-state index contributed by atoms with van der Waals surface area (Å²) in [6.07, 6.45) is 2.59. The Balaban J connectivity index is 1.38. The Kier molecular flexibility index (Phi) is 7.01. The summed E-state index contributed by atoms with van der Waals surface area (Å²) in [5, 5.41) is 5.02. The average molecular weight is 498 g/mol. The van der Waals surface area contributed by atoms with E-state index < -0.39 is 25.9 Å². The van der Waals surface area contributed by atoms with Gasteiger partial charge in [0, 0.05) is 23.0 Å². The van der Waals surface area contributed by atoms with Crippen LogP contribution in [0.1, 0.15) is 40.5 Å². The van der Waals surface area contributed by atoms with Crippen LogP contribution >= 0.6 is 11.3 Å². The lowest BCUT2D eigenvalue weighted by atomic mass is 10.2. The van der Waals surface area contributed by atoms with E-state index in [0.717, 1.165) is 25.9 Å². The molecule has 2 unspecified atom stereocenters. The number of amides is 1. The SMILES string of the molecule is O=C(NCC(c1cccs1)N1CCCC1)c1ccc(S(=O)(=O)NC2CCS(=O)(=O)C2)cc1. The van der Waals surface area contributed by atoms with Crippen molar-refractivity contribution < 1.29 is 21.6 Å². The van der Waals surface area contributed by atoms with Gasteiger partial charge in [0.15, 0.2) is 9.84 Å². The zero-order valence-corrected chi connectivity index (χ0v) is 20.0. The van der Waals surface area contributed by atoms with Crippen LogP contribution in [0.25, 0.3) is 0 Å². The summed E-state index contributed by atoms with van der Waals surface area (Å²) in [4.78, 5) is 16.3. The number of carbonyl (C=O) groups is 1. The lowest BCUT2D eigenvalue weighted by Crippen LogP contribution is -2.36. The van der Waals surface area contributed by atoms with Crippen molar-refractivity contribution in [2.75, 3.05) is 31.1 Å². The molecule has 1 amide bonds. The highest BCUT2D eigenvalue weighted by Crippen LogP contribution is 2.28. The third-order valence-electron chi connectivity index (χ3n) is 5.89. The summed E-state index contributed by atoms with van der Waals surface area (Å²) in [5.74, 6) is -0.456. The van der Waals surface area contributed by atoms with Gasteiger partial charge in [0.2, 0.25) is 10.0 Å². The molecule has 2 fully saturated rings. The van der Waals surface area contributed by atoms with Crippen molar-refractivity contribution in [2.24, 2.45) is 0 Å². The van der Waals surface area contributed by atoms with E-state index in [1.54, 1.807) is 11.3 Å². The topological polar surface area (TPSA) is 113 Å². The fraction of sp³-hybridized carbons (Fsp3) is 0.476. The van der Waals surface area contributed by atoms with Gasteiger partial charge in [0.25, 0.3) is 5.91 Å². The lowest BCUT2D eigenvalue weighted by molar-refractivity contribution is 0.0938. The monoisotopic (exact) mass is 497 g/mol. The molecule has 8 nitrogen and oxygen atoms in total. The van der Waals surface area contributed by atoms with Crippen LogP contribution in [-0.2, 0) is 19.9 Å². The molecule has 0 bridgehead atoms. The highest BCUT2D eigenvalue weighted by Gasteiger charge is 2.31. The minimum absolute atomic E-state index is 0.00637. The smallest absolute Gasteiger partial charge is 0.251 e. The van der Waals surface area contributed by atoms with E-state index in [1.165, 1.54) is 29.1 Å². The maximum absolute atomic E-state index is 12.7. The van der Waals surface area contributed by atoms with Crippen molar-refractivity contribution in [1.82, 2.24) is 14.9 Å². The molecule has 1 aromatic carbocycles. The number of likely N-dealkylation sites (tertiary alicyclic amines) is 1. The average Bonchev–Trinajstić information content (AvgIpc) is 3.51. The number of nitrogens with one attached hydrogen (secondary N) is 2. The number of benzene rings is 1. The number of hydrogen-bond acceptors (Lipinski definition) is 7. The summed E-state index contributed by atoms with van der Waals surface area (Å²) in [7, 11) is -7.04. The van der Waals surface area contributed by atoms with Crippen LogP contribution in [0.15, 0.2) is 46.7 Å². The Bertz CT molecular complexity index is 1140. The van der Waals surface area contributed by atoms with Gasteiger partial charge in [-0.25, -0.2) is 21.6 Å². The van der Waals surface area contributed by atoms with E-state index >= 15 is 0 Å². The van der Waals surface area contributed by atoms with Gasteiger partial charge < -0.3 is 5.32 Å². The Morgan fingerprint density at radius 2 is 1.88 bits per heavy atom. The number of sulfone groups is 1. The van der Waals surface area contributed by atoms with Crippen molar-refractivity contribution in [3.63, 3.8) is 0 Å². The lowest BCUT2D eigenvalue weighted by Gasteiger charge is -2.27. The molecule has 2 N–H and O–H groups in total. The Hall–Kier alpha value is -1.79. The second-order valence-electron chi connectivity index (χ2n) is 8.23. The van der Waals surface area contributed by atoms with E-state index in [1.807, 2.05) is 11.4 Å². The molecule has 11 heteroatoms. The van der Waals surface area contributed by atoms with Gasteiger partial charge in [0.05, 0.1) is 22.4 Å². The van der Waals surface area contributed by atoms with Crippen LogP contribution < -0.4 is 10.0 Å². The Morgan fingerprint density at radius 1 is 1.16 bits per heavy atom. The molecule has 1 aromatic heterocycles. The number of sulfonamides is 1. The van der Waals surface area contributed by atoms with Crippen LogP contribution in [-0.4, -0.2) is 64.8 Å². The van der Waals surface area contributed by atoms with Crippen molar-refractivity contribution in [3.05, 3.63) is 52.2 Å².